The van der Waals surface area contributed by atoms with E-state index in [1.165, 1.54) is 11.6 Å². The Labute approximate surface area is 295 Å². The number of halogens is 6. The van der Waals surface area contributed by atoms with Crippen molar-refractivity contribution < 1.29 is 35.8 Å². The highest BCUT2D eigenvalue weighted by Crippen LogP contribution is 2.61. The number of anilines is 2. The maximum Gasteiger partial charge on any atom is 0.416 e. The minimum atomic E-state index is -4.97. The topological polar surface area (TPSA) is 21.7 Å². The van der Waals surface area contributed by atoms with Crippen LogP contribution in [0.3, 0.4) is 0 Å². The number of alkyl halides is 6. The number of benzene rings is 6. The monoisotopic (exact) mass is 705 g/mol. The maximum atomic E-state index is 13.7. The Bertz CT molecular complexity index is 2470. The van der Waals surface area contributed by atoms with E-state index in [9.17, 15) is 26.3 Å². The molecule has 0 saturated heterocycles. The third-order valence-corrected chi connectivity index (χ3v) is 10.5. The molecular weight excluding hydrogens is 676 g/mol. The second kappa shape index (κ2) is 10.7. The highest BCUT2D eigenvalue weighted by atomic mass is 19.4. The Morgan fingerprint density at radius 2 is 1.35 bits per heavy atom. The van der Waals surface area contributed by atoms with Gasteiger partial charge < -0.3 is 14.4 Å². The molecule has 9 heteroatoms. The van der Waals surface area contributed by atoms with Gasteiger partial charge in [-0.2, -0.15) is 26.3 Å². The van der Waals surface area contributed by atoms with Crippen LogP contribution in [0.4, 0.5) is 37.7 Å². The van der Waals surface area contributed by atoms with E-state index in [4.69, 9.17) is 9.47 Å². The Hall–Kier alpha value is -5.70. The molecule has 1 atom stereocenters. The molecule has 1 unspecified atom stereocenters. The molecule has 0 saturated carbocycles. The van der Waals surface area contributed by atoms with Crippen LogP contribution in [0.25, 0.3) is 27.7 Å². The van der Waals surface area contributed by atoms with E-state index in [2.05, 4.69) is 49.6 Å². The van der Waals surface area contributed by atoms with E-state index in [1.54, 1.807) is 24.3 Å². The van der Waals surface area contributed by atoms with Crippen molar-refractivity contribution in [3.8, 4) is 22.6 Å². The van der Waals surface area contributed by atoms with Gasteiger partial charge >= 0.3 is 12.4 Å². The van der Waals surface area contributed by atoms with Gasteiger partial charge in [0, 0.05) is 46.1 Å². The summed E-state index contributed by atoms with van der Waals surface area (Å²) in [6, 6.07) is 32.2. The lowest BCUT2D eigenvalue weighted by molar-refractivity contribution is -0.143. The van der Waals surface area contributed by atoms with Crippen molar-refractivity contribution in [2.75, 3.05) is 11.4 Å². The molecule has 0 aliphatic carbocycles. The third-order valence-electron chi connectivity index (χ3n) is 10.5. The van der Waals surface area contributed by atoms with Gasteiger partial charge in [-0.05, 0) is 76.0 Å². The fourth-order valence-corrected chi connectivity index (χ4v) is 8.16. The molecule has 0 N–H and O–H groups in total. The number of para-hydroxylation sites is 1. The van der Waals surface area contributed by atoms with Crippen molar-refractivity contribution in [1.82, 2.24) is 0 Å². The average Bonchev–Trinajstić information content (AvgIpc) is 3.56. The molecule has 260 valence electrons. The van der Waals surface area contributed by atoms with Crippen molar-refractivity contribution in [3.05, 3.63) is 161 Å². The number of rotatable bonds is 2. The van der Waals surface area contributed by atoms with Crippen molar-refractivity contribution >= 4 is 27.9 Å². The highest BCUT2D eigenvalue weighted by Gasteiger charge is 2.53. The maximum absolute atomic E-state index is 13.7. The van der Waals surface area contributed by atoms with Crippen molar-refractivity contribution in [2.45, 2.75) is 37.2 Å². The largest absolute Gasteiger partial charge is 0.473 e. The molecule has 9 rings (SSSR count). The summed E-state index contributed by atoms with van der Waals surface area (Å²) in [5.74, 6) is 1.57. The van der Waals surface area contributed by atoms with Crippen LogP contribution in [0.15, 0.2) is 122 Å². The molecule has 3 aliphatic heterocycles. The van der Waals surface area contributed by atoms with Crippen LogP contribution in [0, 0.1) is 0 Å². The minimum Gasteiger partial charge on any atom is -0.473 e. The fourth-order valence-electron chi connectivity index (χ4n) is 8.16. The van der Waals surface area contributed by atoms with Gasteiger partial charge in [-0.15, -0.1) is 0 Å². The fraction of sp³-hybridized carbons (Fsp3) is 0.163. The van der Waals surface area contributed by atoms with Crippen molar-refractivity contribution in [3.63, 3.8) is 0 Å². The number of ether oxygens (including phenoxy) is 2. The quantitative estimate of drug-likeness (QED) is 0.167. The molecule has 52 heavy (non-hydrogen) atoms. The molecule has 0 fully saturated rings. The zero-order valence-corrected chi connectivity index (χ0v) is 27.9. The molecule has 0 radical (unpaired) electrons. The van der Waals surface area contributed by atoms with Crippen LogP contribution >= 0.6 is 0 Å². The van der Waals surface area contributed by atoms with E-state index in [0.29, 0.717) is 33.6 Å². The third kappa shape index (κ3) is 4.67. The molecule has 6 aromatic carbocycles. The summed E-state index contributed by atoms with van der Waals surface area (Å²) in [6.07, 6.45) is -9.93. The molecule has 1 spiro atoms. The summed E-state index contributed by atoms with van der Waals surface area (Å²) in [6.45, 7) is 9.46. The second-order valence-electron chi connectivity index (χ2n) is 14.2. The lowest BCUT2D eigenvalue weighted by Crippen LogP contribution is -2.32. The highest BCUT2D eigenvalue weighted by molar-refractivity contribution is 5.95. The average molecular weight is 706 g/mol. The van der Waals surface area contributed by atoms with Gasteiger partial charge in [0.1, 0.15) is 17.3 Å². The first-order valence-electron chi connectivity index (χ1n) is 16.7. The second-order valence-corrected chi connectivity index (χ2v) is 14.2. The van der Waals surface area contributed by atoms with Gasteiger partial charge in [0.2, 0.25) is 0 Å². The Balaban J connectivity index is 1.23. The van der Waals surface area contributed by atoms with Gasteiger partial charge in [0.05, 0.1) is 16.7 Å². The number of hydrogen-bond acceptors (Lipinski definition) is 3. The molecule has 3 heterocycles. The molecule has 0 amide bonds. The van der Waals surface area contributed by atoms with Gasteiger partial charge in [-0.25, -0.2) is 0 Å². The Kier molecular flexibility index (Phi) is 6.61. The predicted molar refractivity (Wildman–Crippen MR) is 189 cm³/mol. The van der Waals surface area contributed by atoms with Gasteiger partial charge in [-0.1, -0.05) is 81.1 Å². The summed E-state index contributed by atoms with van der Waals surface area (Å²) in [5, 5.41) is 1.25. The number of hydrogen-bond donors (Lipinski definition) is 0. The summed E-state index contributed by atoms with van der Waals surface area (Å²) in [5.41, 5.74) is 2.36. The SMILES string of the molecule is C=C1OC2(c3ccc(N4CC(C)(C)c5ccccc54)cc3Oc3ccc4cc(-c5cc(C(F)(F)F)cc(C(F)(F)F)c5)ccc4c32)c2ccccc21. The van der Waals surface area contributed by atoms with Crippen molar-refractivity contribution in [2.24, 2.45) is 0 Å². The van der Waals surface area contributed by atoms with E-state index in [0.717, 1.165) is 46.7 Å². The Morgan fingerprint density at radius 3 is 2.08 bits per heavy atom. The van der Waals surface area contributed by atoms with E-state index in [1.807, 2.05) is 42.5 Å². The van der Waals surface area contributed by atoms with E-state index >= 15 is 0 Å². The smallest absolute Gasteiger partial charge is 0.416 e. The van der Waals surface area contributed by atoms with Gasteiger partial charge in [0.25, 0.3) is 0 Å². The Morgan fingerprint density at radius 1 is 0.654 bits per heavy atom. The van der Waals surface area contributed by atoms with Crippen LogP contribution in [-0.4, -0.2) is 6.54 Å². The first-order valence-corrected chi connectivity index (χ1v) is 16.7. The zero-order chi connectivity index (χ0) is 36.4. The normalized spacial score (nSPS) is 18.5. The van der Waals surface area contributed by atoms with Crippen LogP contribution in [0.5, 0.6) is 11.5 Å². The molecule has 3 nitrogen and oxygen atoms in total. The summed E-state index contributed by atoms with van der Waals surface area (Å²) >= 11 is 0. The van der Waals surface area contributed by atoms with Crippen LogP contribution < -0.4 is 9.64 Å². The van der Waals surface area contributed by atoms with E-state index in [-0.39, 0.29) is 22.6 Å². The molecule has 3 aliphatic rings. The number of fused-ring (bicyclic) bond motifs is 9. The summed E-state index contributed by atoms with van der Waals surface area (Å²) < 4.78 is 96.0. The molecule has 0 aromatic heterocycles. The molecular formula is C43H29F6NO2. The summed E-state index contributed by atoms with van der Waals surface area (Å²) in [4.78, 5) is 2.28. The van der Waals surface area contributed by atoms with Crippen LogP contribution in [0.2, 0.25) is 0 Å². The number of nitrogens with zero attached hydrogens (tertiary/aromatic N) is 1. The molecule has 6 aromatic rings. The summed E-state index contributed by atoms with van der Waals surface area (Å²) in [7, 11) is 0. The lowest BCUT2D eigenvalue weighted by atomic mass is 9.75. The van der Waals surface area contributed by atoms with Gasteiger partial charge in [0.15, 0.2) is 5.60 Å². The standard InChI is InChI=1S/C43H29F6NO2/c1-24-31-8-4-5-9-33(31)41(52-24)35-16-14-30(50-23-40(2,3)34-10-6-7-11-36(34)50)22-38(35)51-37-17-13-26-18-25(12-15-32(26)39(37)41)27-19-28(42(44,45)46)21-29(20-27)43(47,48)49/h4-22H,1,23H2,2-3H3. The van der Waals surface area contributed by atoms with Crippen LogP contribution in [-0.2, 0) is 28.1 Å². The van der Waals surface area contributed by atoms with Gasteiger partial charge in [-0.3, -0.25) is 0 Å². The first-order chi connectivity index (χ1) is 24.6. The van der Waals surface area contributed by atoms with E-state index < -0.39 is 29.1 Å². The van der Waals surface area contributed by atoms with Crippen molar-refractivity contribution in [1.29, 1.82) is 0 Å². The molecule has 0 bridgehead atoms. The minimum absolute atomic E-state index is 0.0768. The lowest BCUT2D eigenvalue weighted by Gasteiger charge is -2.38. The predicted octanol–water partition coefficient (Wildman–Crippen LogP) is 12.4. The zero-order valence-electron chi connectivity index (χ0n) is 27.9. The van der Waals surface area contributed by atoms with Crippen LogP contribution in [0.1, 0.15) is 52.8 Å². The first kappa shape index (κ1) is 32.2.